The molecule has 0 amide bonds. The fourth-order valence-corrected chi connectivity index (χ4v) is 4.45. The highest BCUT2D eigenvalue weighted by molar-refractivity contribution is 14.0. The SMILES string of the molecule is CCNC(=NCc1ccc(S(N)(=O)=O)s1)NCCc1nc(C(F)(F)F)cs1.I. The van der Waals surface area contributed by atoms with E-state index in [1.807, 2.05) is 6.92 Å². The van der Waals surface area contributed by atoms with E-state index in [4.69, 9.17) is 5.14 Å². The van der Waals surface area contributed by atoms with Gasteiger partial charge in [-0.15, -0.1) is 46.7 Å². The number of alkyl halides is 3. The lowest BCUT2D eigenvalue weighted by molar-refractivity contribution is -0.140. The first-order valence-corrected chi connectivity index (χ1v) is 11.0. The van der Waals surface area contributed by atoms with Crippen molar-refractivity contribution in [2.45, 2.75) is 30.3 Å². The van der Waals surface area contributed by atoms with Gasteiger partial charge in [-0.2, -0.15) is 13.2 Å². The van der Waals surface area contributed by atoms with Crippen LogP contribution < -0.4 is 15.8 Å². The molecule has 7 nitrogen and oxygen atoms in total. The van der Waals surface area contributed by atoms with Crippen molar-refractivity contribution in [3.63, 3.8) is 0 Å². The summed E-state index contributed by atoms with van der Waals surface area (Å²) in [6.45, 7) is 3.06. The number of nitrogens with zero attached hydrogens (tertiary/aromatic N) is 2. The third kappa shape index (κ3) is 7.81. The van der Waals surface area contributed by atoms with Crippen molar-refractivity contribution in [2.24, 2.45) is 10.1 Å². The van der Waals surface area contributed by atoms with Crippen LogP contribution in [0.4, 0.5) is 13.2 Å². The number of thiazole rings is 1. The lowest BCUT2D eigenvalue weighted by Gasteiger charge is -2.10. The normalized spacial score (nSPS) is 12.5. The average Bonchev–Trinajstić information content (AvgIpc) is 3.21. The van der Waals surface area contributed by atoms with Crippen LogP contribution in [0.25, 0.3) is 0 Å². The Morgan fingerprint density at radius 2 is 2.04 bits per heavy atom. The maximum Gasteiger partial charge on any atom is 0.434 e. The largest absolute Gasteiger partial charge is 0.434 e. The molecule has 14 heteroatoms. The van der Waals surface area contributed by atoms with Crippen molar-refractivity contribution in [2.75, 3.05) is 13.1 Å². The molecule has 158 valence electrons. The molecule has 0 spiro atoms. The number of hydrogen-bond acceptors (Lipinski definition) is 6. The van der Waals surface area contributed by atoms with Crippen molar-refractivity contribution in [3.05, 3.63) is 33.1 Å². The number of aromatic nitrogens is 1. The van der Waals surface area contributed by atoms with Crippen molar-refractivity contribution in [1.82, 2.24) is 15.6 Å². The molecule has 0 atom stereocenters. The highest BCUT2D eigenvalue weighted by atomic mass is 127. The van der Waals surface area contributed by atoms with Crippen LogP contribution in [0.1, 0.15) is 22.5 Å². The molecule has 0 bridgehead atoms. The first-order chi connectivity index (χ1) is 12.6. The summed E-state index contributed by atoms with van der Waals surface area (Å²) >= 11 is 1.99. The second-order valence-electron chi connectivity index (χ2n) is 5.26. The van der Waals surface area contributed by atoms with Crippen LogP contribution >= 0.6 is 46.7 Å². The minimum atomic E-state index is -4.44. The smallest absolute Gasteiger partial charge is 0.357 e. The van der Waals surface area contributed by atoms with Gasteiger partial charge in [0.1, 0.15) is 4.21 Å². The molecule has 2 aromatic rings. The van der Waals surface area contributed by atoms with Gasteiger partial charge >= 0.3 is 6.18 Å². The quantitative estimate of drug-likeness (QED) is 0.270. The first kappa shape index (κ1) is 25.1. The minimum Gasteiger partial charge on any atom is -0.357 e. The Labute approximate surface area is 185 Å². The predicted molar refractivity (Wildman–Crippen MR) is 115 cm³/mol. The van der Waals surface area contributed by atoms with E-state index in [0.717, 1.165) is 28.1 Å². The molecule has 2 rings (SSSR count). The number of sulfonamides is 1. The molecule has 2 heterocycles. The summed E-state index contributed by atoms with van der Waals surface area (Å²) in [6.07, 6.45) is -4.12. The van der Waals surface area contributed by atoms with Crippen LogP contribution in [0.3, 0.4) is 0 Å². The van der Waals surface area contributed by atoms with Gasteiger partial charge in [0.2, 0.25) is 10.0 Å². The monoisotopic (exact) mass is 569 g/mol. The summed E-state index contributed by atoms with van der Waals surface area (Å²) in [7, 11) is -3.73. The number of guanidine groups is 1. The van der Waals surface area contributed by atoms with E-state index < -0.39 is 21.9 Å². The number of nitrogens with one attached hydrogen (secondary N) is 2. The van der Waals surface area contributed by atoms with Crippen molar-refractivity contribution in [3.8, 4) is 0 Å². The van der Waals surface area contributed by atoms with Crippen LogP contribution in [0.2, 0.25) is 0 Å². The summed E-state index contributed by atoms with van der Waals surface area (Å²) in [6, 6.07) is 3.05. The molecular weight excluding hydrogens is 550 g/mol. The third-order valence-corrected chi connectivity index (χ3v) is 6.55. The number of nitrogens with two attached hydrogens (primary N) is 1. The molecule has 0 aliphatic rings. The number of halogens is 4. The fourth-order valence-electron chi connectivity index (χ4n) is 1.94. The van der Waals surface area contributed by atoms with Gasteiger partial charge in [0, 0.05) is 29.8 Å². The zero-order valence-corrected chi connectivity index (χ0v) is 19.4. The number of aliphatic imine (C=N–C) groups is 1. The van der Waals surface area contributed by atoms with Gasteiger partial charge in [-0.25, -0.2) is 23.5 Å². The number of hydrogen-bond donors (Lipinski definition) is 3. The first-order valence-electron chi connectivity index (χ1n) is 7.75. The topological polar surface area (TPSA) is 109 Å². The van der Waals surface area contributed by atoms with Crippen molar-refractivity contribution >= 4 is 62.6 Å². The van der Waals surface area contributed by atoms with Crippen molar-refractivity contribution < 1.29 is 21.6 Å². The highest BCUT2D eigenvalue weighted by Gasteiger charge is 2.33. The number of rotatable bonds is 7. The minimum absolute atomic E-state index is 0. The molecule has 4 N–H and O–H groups in total. The van der Waals surface area contributed by atoms with E-state index in [1.54, 1.807) is 6.07 Å². The molecule has 28 heavy (non-hydrogen) atoms. The van der Waals surface area contributed by atoms with E-state index in [-0.39, 0.29) is 34.7 Å². The van der Waals surface area contributed by atoms with Gasteiger partial charge in [0.15, 0.2) is 11.7 Å². The van der Waals surface area contributed by atoms with E-state index in [2.05, 4.69) is 20.6 Å². The molecule has 0 aliphatic carbocycles. The number of thiophene rings is 1. The molecule has 0 radical (unpaired) electrons. The van der Waals surface area contributed by atoms with E-state index in [1.165, 1.54) is 6.07 Å². The fraction of sp³-hybridized carbons (Fsp3) is 0.429. The summed E-state index contributed by atoms with van der Waals surface area (Å²) in [5.74, 6) is 0.468. The van der Waals surface area contributed by atoms with E-state index in [9.17, 15) is 21.6 Å². The van der Waals surface area contributed by atoms with Crippen LogP contribution in [-0.2, 0) is 29.2 Å². The van der Waals surface area contributed by atoms with Gasteiger partial charge in [-0.3, -0.25) is 0 Å². The van der Waals surface area contributed by atoms with Crippen LogP contribution in [0.5, 0.6) is 0 Å². The molecule has 0 saturated carbocycles. The summed E-state index contributed by atoms with van der Waals surface area (Å²) in [4.78, 5) is 8.61. The van der Waals surface area contributed by atoms with E-state index >= 15 is 0 Å². The van der Waals surface area contributed by atoms with Gasteiger partial charge in [0.05, 0.1) is 11.6 Å². The Morgan fingerprint density at radius 1 is 1.32 bits per heavy atom. The molecule has 0 aromatic carbocycles. The molecule has 2 aromatic heterocycles. The van der Waals surface area contributed by atoms with Crippen molar-refractivity contribution in [1.29, 1.82) is 0 Å². The van der Waals surface area contributed by atoms with Gasteiger partial charge in [-0.05, 0) is 19.1 Å². The standard InChI is InChI=1S/C14H18F3N5O2S3.HI/c1-2-19-13(21-7-9-3-4-12(26-9)27(18,23)24)20-6-5-11-22-10(8-25-11)14(15,16)17;/h3-4,8H,2,5-7H2,1H3,(H2,18,23,24)(H2,19,20,21);1H. The van der Waals surface area contributed by atoms with Gasteiger partial charge in [-0.1, -0.05) is 0 Å². The summed E-state index contributed by atoms with van der Waals surface area (Å²) in [5, 5.41) is 12.5. The average molecular weight is 569 g/mol. The maximum atomic E-state index is 12.5. The van der Waals surface area contributed by atoms with Crippen LogP contribution in [0, 0.1) is 0 Å². The highest BCUT2D eigenvalue weighted by Crippen LogP contribution is 2.30. The Kier molecular flexibility index (Phi) is 9.58. The Hall–Kier alpha value is -0.970. The summed E-state index contributed by atoms with van der Waals surface area (Å²) in [5.41, 5.74) is -0.883. The second-order valence-corrected chi connectivity index (χ2v) is 9.16. The molecular formula is C14H19F3IN5O2S3. The van der Waals surface area contributed by atoms with Gasteiger partial charge < -0.3 is 10.6 Å². The number of primary sulfonamides is 1. The molecule has 0 unspecified atom stereocenters. The molecule has 0 aliphatic heterocycles. The Balaban J connectivity index is 0.00000392. The molecule has 0 saturated heterocycles. The Bertz CT molecular complexity index is 896. The van der Waals surface area contributed by atoms with Gasteiger partial charge in [0.25, 0.3) is 0 Å². The second kappa shape index (κ2) is 10.7. The summed E-state index contributed by atoms with van der Waals surface area (Å²) < 4.78 is 60.3. The van der Waals surface area contributed by atoms with E-state index in [0.29, 0.717) is 35.4 Å². The Morgan fingerprint density at radius 3 is 2.57 bits per heavy atom. The zero-order valence-electron chi connectivity index (χ0n) is 14.6. The maximum absolute atomic E-state index is 12.5. The van der Waals surface area contributed by atoms with Crippen LogP contribution in [-0.4, -0.2) is 32.5 Å². The zero-order chi connectivity index (χ0) is 20.1. The molecule has 0 fully saturated rings. The lowest BCUT2D eigenvalue weighted by Crippen LogP contribution is -2.38. The third-order valence-electron chi connectivity index (χ3n) is 3.13. The lowest BCUT2D eigenvalue weighted by atomic mass is 10.4. The van der Waals surface area contributed by atoms with Crippen LogP contribution in [0.15, 0.2) is 26.7 Å². The predicted octanol–water partition coefficient (Wildman–Crippen LogP) is 2.79.